The van der Waals surface area contributed by atoms with Crippen LogP contribution in [0.5, 0.6) is 0 Å². The van der Waals surface area contributed by atoms with Crippen LogP contribution >= 0.6 is 23.2 Å². The molecule has 94 valence electrons. The van der Waals surface area contributed by atoms with Crippen LogP contribution in [0.3, 0.4) is 0 Å². The second kappa shape index (κ2) is 5.11. The van der Waals surface area contributed by atoms with Crippen molar-refractivity contribution in [2.45, 2.75) is 38.0 Å². The van der Waals surface area contributed by atoms with Crippen LogP contribution in [0.15, 0.2) is 12.1 Å². The van der Waals surface area contributed by atoms with Crippen molar-refractivity contribution in [3.05, 3.63) is 33.6 Å². The first-order chi connectivity index (χ1) is 7.97. The molecule has 0 aliphatic heterocycles. The Kier molecular flexibility index (Phi) is 3.93. The summed E-state index contributed by atoms with van der Waals surface area (Å²) in [5, 5.41) is 13.0. The van der Waals surface area contributed by atoms with Gasteiger partial charge in [-0.2, -0.15) is 0 Å². The molecule has 1 fully saturated rings. The number of hydrogen-bond donors (Lipinski definition) is 2. The molecule has 2 nitrogen and oxygen atoms in total. The fourth-order valence-electron chi connectivity index (χ4n) is 2.04. The predicted molar refractivity (Wildman–Crippen MR) is 67.0 cm³/mol. The Bertz CT molecular complexity index is 421. The van der Waals surface area contributed by atoms with E-state index >= 15 is 0 Å². The van der Waals surface area contributed by atoms with E-state index in [0.29, 0.717) is 10.6 Å². The lowest BCUT2D eigenvalue weighted by atomic mass is 9.88. The van der Waals surface area contributed by atoms with Gasteiger partial charge in [-0.3, -0.25) is 0 Å². The topological polar surface area (TPSA) is 32.3 Å². The van der Waals surface area contributed by atoms with Crippen molar-refractivity contribution in [2.24, 2.45) is 0 Å². The monoisotopic (exact) mass is 277 g/mol. The molecular weight excluding hydrogens is 264 g/mol. The number of aliphatic hydroxyl groups is 1. The van der Waals surface area contributed by atoms with Gasteiger partial charge < -0.3 is 10.4 Å². The summed E-state index contributed by atoms with van der Waals surface area (Å²) in [5.74, 6) is -0.464. The van der Waals surface area contributed by atoms with Crippen LogP contribution in [0.1, 0.15) is 31.4 Å². The quantitative estimate of drug-likeness (QED) is 0.831. The molecule has 5 heteroatoms. The van der Waals surface area contributed by atoms with Crippen LogP contribution in [-0.4, -0.2) is 17.3 Å². The second-order valence-corrected chi connectivity index (χ2v) is 5.31. The Labute approximate surface area is 110 Å². The summed E-state index contributed by atoms with van der Waals surface area (Å²) in [6.07, 6.45) is 1.26. The standard InChI is InChI=1S/C12H14Cl2FNO/c1-6(16-7-2-8(17)3-7)9-4-12(15)11(14)5-10(9)13/h4-8,16-17H,2-3H2,1H3. The fourth-order valence-corrected chi connectivity index (χ4v) is 2.58. The van der Waals surface area contributed by atoms with Crippen LogP contribution in [0, 0.1) is 5.82 Å². The van der Waals surface area contributed by atoms with Gasteiger partial charge in [0.05, 0.1) is 11.1 Å². The largest absolute Gasteiger partial charge is 0.393 e. The molecule has 2 rings (SSSR count). The molecule has 0 spiro atoms. The van der Waals surface area contributed by atoms with E-state index in [-0.39, 0.29) is 23.2 Å². The predicted octanol–water partition coefficient (Wildman–Crippen LogP) is 3.31. The van der Waals surface area contributed by atoms with Gasteiger partial charge in [0.1, 0.15) is 5.82 Å². The minimum Gasteiger partial charge on any atom is -0.393 e. The van der Waals surface area contributed by atoms with Crippen molar-refractivity contribution in [1.29, 1.82) is 0 Å². The molecule has 0 saturated heterocycles. The third kappa shape index (κ3) is 2.91. The zero-order chi connectivity index (χ0) is 12.6. The Morgan fingerprint density at radius 3 is 2.59 bits per heavy atom. The Hall–Kier alpha value is -0.350. The van der Waals surface area contributed by atoms with Crippen molar-refractivity contribution < 1.29 is 9.50 Å². The molecule has 1 aliphatic rings. The number of benzene rings is 1. The molecule has 0 bridgehead atoms. The third-order valence-electron chi connectivity index (χ3n) is 3.11. The molecule has 0 aromatic heterocycles. The van der Waals surface area contributed by atoms with E-state index in [9.17, 15) is 9.50 Å². The summed E-state index contributed by atoms with van der Waals surface area (Å²) in [5.41, 5.74) is 0.690. The van der Waals surface area contributed by atoms with Crippen LogP contribution < -0.4 is 5.32 Å². The minimum absolute atomic E-state index is 0.0324. The summed E-state index contributed by atoms with van der Waals surface area (Å²) in [6, 6.07) is 2.99. The number of nitrogens with one attached hydrogen (secondary N) is 1. The van der Waals surface area contributed by atoms with Gasteiger partial charge in [0, 0.05) is 17.1 Å². The lowest BCUT2D eigenvalue weighted by Crippen LogP contribution is -2.45. The van der Waals surface area contributed by atoms with Gasteiger partial charge >= 0.3 is 0 Å². The van der Waals surface area contributed by atoms with Gasteiger partial charge in [0.15, 0.2) is 0 Å². The van der Waals surface area contributed by atoms with E-state index < -0.39 is 5.82 Å². The Morgan fingerprint density at radius 1 is 1.35 bits per heavy atom. The van der Waals surface area contributed by atoms with Crippen molar-refractivity contribution in [3.8, 4) is 0 Å². The van der Waals surface area contributed by atoms with Crippen LogP contribution in [0.4, 0.5) is 4.39 Å². The highest BCUT2D eigenvalue weighted by Crippen LogP contribution is 2.30. The van der Waals surface area contributed by atoms with Crippen molar-refractivity contribution in [2.75, 3.05) is 0 Å². The molecule has 1 saturated carbocycles. The summed E-state index contributed by atoms with van der Waals surface area (Å²) < 4.78 is 13.4. The zero-order valence-corrected chi connectivity index (χ0v) is 10.9. The number of halogens is 3. The maximum Gasteiger partial charge on any atom is 0.142 e. The number of hydrogen-bond acceptors (Lipinski definition) is 2. The van der Waals surface area contributed by atoms with Gasteiger partial charge in [-0.1, -0.05) is 23.2 Å². The lowest BCUT2D eigenvalue weighted by molar-refractivity contribution is 0.0585. The molecule has 0 heterocycles. The molecule has 2 N–H and O–H groups in total. The van der Waals surface area contributed by atoms with Gasteiger partial charge in [-0.05, 0) is 37.5 Å². The Balaban J connectivity index is 2.08. The van der Waals surface area contributed by atoms with Crippen LogP contribution in [0.2, 0.25) is 10.0 Å². The molecule has 17 heavy (non-hydrogen) atoms. The third-order valence-corrected chi connectivity index (χ3v) is 3.72. The van der Waals surface area contributed by atoms with Crippen LogP contribution in [0.25, 0.3) is 0 Å². The lowest BCUT2D eigenvalue weighted by Gasteiger charge is -2.34. The van der Waals surface area contributed by atoms with Crippen molar-refractivity contribution >= 4 is 23.2 Å². The summed E-state index contributed by atoms with van der Waals surface area (Å²) in [4.78, 5) is 0. The van der Waals surface area contributed by atoms with E-state index in [0.717, 1.165) is 12.8 Å². The van der Waals surface area contributed by atoms with E-state index in [4.69, 9.17) is 23.2 Å². The zero-order valence-electron chi connectivity index (χ0n) is 9.38. The number of rotatable bonds is 3. The highest BCUT2D eigenvalue weighted by molar-refractivity contribution is 6.35. The van der Waals surface area contributed by atoms with E-state index in [2.05, 4.69) is 5.32 Å². The highest BCUT2D eigenvalue weighted by Gasteiger charge is 2.28. The van der Waals surface area contributed by atoms with Gasteiger partial charge in [0.25, 0.3) is 0 Å². The average molecular weight is 278 g/mol. The maximum atomic E-state index is 13.4. The smallest absolute Gasteiger partial charge is 0.142 e. The van der Waals surface area contributed by atoms with Gasteiger partial charge in [-0.15, -0.1) is 0 Å². The minimum atomic E-state index is -0.464. The summed E-state index contributed by atoms with van der Waals surface area (Å²) in [7, 11) is 0. The molecule has 1 aromatic rings. The average Bonchev–Trinajstić information content (AvgIpc) is 2.21. The normalized spacial score (nSPS) is 25.5. The Morgan fingerprint density at radius 2 is 2.00 bits per heavy atom. The highest BCUT2D eigenvalue weighted by atomic mass is 35.5. The molecule has 0 radical (unpaired) electrons. The van der Waals surface area contributed by atoms with E-state index in [1.54, 1.807) is 0 Å². The van der Waals surface area contributed by atoms with Crippen LogP contribution in [-0.2, 0) is 0 Å². The fraction of sp³-hybridized carbons (Fsp3) is 0.500. The van der Waals surface area contributed by atoms with Crippen molar-refractivity contribution in [3.63, 3.8) is 0 Å². The molecule has 1 atom stereocenters. The maximum absolute atomic E-state index is 13.4. The van der Waals surface area contributed by atoms with E-state index in [1.807, 2.05) is 6.92 Å². The first kappa shape index (κ1) is 13.1. The second-order valence-electron chi connectivity index (χ2n) is 4.50. The first-order valence-electron chi connectivity index (χ1n) is 5.56. The summed E-state index contributed by atoms with van der Waals surface area (Å²) >= 11 is 11.7. The van der Waals surface area contributed by atoms with E-state index in [1.165, 1.54) is 12.1 Å². The molecule has 1 aromatic carbocycles. The number of aliphatic hydroxyl groups excluding tert-OH is 1. The molecular formula is C12H14Cl2FNO. The molecule has 1 unspecified atom stereocenters. The summed E-state index contributed by atoms with van der Waals surface area (Å²) in [6.45, 7) is 1.92. The molecule has 0 amide bonds. The van der Waals surface area contributed by atoms with Crippen molar-refractivity contribution in [1.82, 2.24) is 5.32 Å². The van der Waals surface area contributed by atoms with Gasteiger partial charge in [-0.25, -0.2) is 4.39 Å². The first-order valence-corrected chi connectivity index (χ1v) is 6.31. The molecule has 1 aliphatic carbocycles. The SMILES string of the molecule is CC(NC1CC(O)C1)c1cc(F)c(Cl)cc1Cl. The van der Waals surface area contributed by atoms with Gasteiger partial charge in [0.2, 0.25) is 0 Å².